The lowest BCUT2D eigenvalue weighted by molar-refractivity contribution is -0.141. The highest BCUT2D eigenvalue weighted by atomic mass is 16.4. The molecule has 1 aromatic carbocycles. The van der Waals surface area contributed by atoms with Gasteiger partial charge in [0.25, 0.3) is 0 Å². The second kappa shape index (κ2) is 42.2. The molecule has 20 N–H and O–H groups in total. The van der Waals surface area contributed by atoms with Crippen molar-refractivity contribution in [2.45, 2.75) is 180 Å². The van der Waals surface area contributed by atoms with E-state index in [0.717, 1.165) is 0 Å². The minimum Gasteiger partial charge on any atom is -0.481 e. The van der Waals surface area contributed by atoms with E-state index in [0.29, 0.717) is 37.8 Å². The quantitative estimate of drug-likeness (QED) is 0.0228. The average Bonchev–Trinajstić information content (AvgIpc) is 3.67. The fraction of sp³-hybridized carbons (Fsp3) is 0.667. The molecule has 0 fully saturated rings. The van der Waals surface area contributed by atoms with Gasteiger partial charge in [-0.2, -0.15) is 0 Å². The number of carboxylic acids is 2. The van der Waals surface area contributed by atoms with Gasteiger partial charge in [-0.15, -0.1) is 0 Å². The van der Waals surface area contributed by atoms with Gasteiger partial charge >= 0.3 is 11.9 Å². The van der Waals surface area contributed by atoms with Crippen molar-refractivity contribution < 1.29 is 72.9 Å². The van der Waals surface area contributed by atoms with Gasteiger partial charge in [0, 0.05) is 81.2 Å². The normalized spacial score (nSPS) is 15.3. The lowest BCUT2D eigenvalue weighted by Crippen LogP contribution is -2.50. The summed E-state index contributed by atoms with van der Waals surface area (Å²) in [5, 5.41) is 42.8. The molecule has 0 heterocycles. The van der Waals surface area contributed by atoms with Crippen LogP contribution in [-0.2, 0) is 64.0 Å². The molecule has 0 aromatic heterocycles. The van der Waals surface area contributed by atoms with E-state index in [-0.39, 0.29) is 95.1 Å². The Morgan fingerprint density at radius 1 is 0.500 bits per heavy atom. The number of nitrogens with one attached hydrogen (secondary N) is 5. The Kier molecular flexibility index (Phi) is 37.6. The van der Waals surface area contributed by atoms with E-state index in [1.165, 1.54) is 14.0 Å². The zero-order valence-corrected chi connectivity index (χ0v) is 52.0. The molecule has 0 aliphatic carbocycles. The van der Waals surface area contributed by atoms with E-state index >= 15 is 0 Å². The summed E-state index contributed by atoms with van der Waals surface area (Å²) >= 11 is 0. The van der Waals surface area contributed by atoms with Crippen molar-refractivity contribution in [1.82, 2.24) is 26.6 Å². The number of amides is 5. The molecule has 0 bridgehead atoms. The van der Waals surface area contributed by atoms with E-state index in [1.54, 1.807) is 51.1 Å². The maximum Gasteiger partial charge on any atom is 0.305 e. The van der Waals surface area contributed by atoms with Crippen LogP contribution in [0.4, 0.5) is 0 Å². The van der Waals surface area contributed by atoms with Gasteiger partial charge in [0.15, 0.2) is 40.8 Å². The van der Waals surface area contributed by atoms with Gasteiger partial charge in [0.2, 0.25) is 29.5 Å². The van der Waals surface area contributed by atoms with Crippen molar-refractivity contribution >= 4 is 82.3 Å². The number of carbonyl (C=O) groups excluding carboxylic acids is 10. The molecule has 0 aliphatic rings. The van der Waals surface area contributed by atoms with Crippen molar-refractivity contribution in [3.05, 3.63) is 35.9 Å². The number of likely N-dealkylation sites (N-methyl/N-ethyl adjacent to an activating group) is 1. The summed E-state index contributed by atoms with van der Waals surface area (Å²) in [6, 6.07) is 2.16. The van der Waals surface area contributed by atoms with Crippen molar-refractivity contribution in [1.29, 1.82) is 0 Å². The Morgan fingerprint density at radius 3 is 1.47 bits per heavy atom. The number of aliphatic hydroxyl groups excluding tert-OH is 1. The maximum atomic E-state index is 14.4. The summed E-state index contributed by atoms with van der Waals surface area (Å²) in [6.07, 6.45) is -1.28. The number of aliphatic imine (C=N–C) groups is 2. The van der Waals surface area contributed by atoms with Gasteiger partial charge in [-0.05, 0) is 82.4 Å². The molecule has 0 radical (unpaired) electrons. The number of nitrogens with zero attached hydrogens (tertiary/aromatic N) is 2. The molecule has 0 saturated heterocycles. The Bertz CT molecular complexity index is 2530. The molecule has 5 amide bonds. The summed E-state index contributed by atoms with van der Waals surface area (Å²) in [4.78, 5) is 170. The van der Waals surface area contributed by atoms with Crippen molar-refractivity contribution in [2.24, 2.45) is 85.8 Å². The van der Waals surface area contributed by atoms with Crippen LogP contribution in [0, 0.1) is 41.4 Å². The number of hydrogen-bond donors (Lipinski definition) is 14. The number of Topliss-reactive ketones (excluding diaryl/α,β-unsaturated/α-hetero) is 5. The van der Waals surface area contributed by atoms with Gasteiger partial charge in [0.1, 0.15) is 6.04 Å². The Hall–Kier alpha value is -7.72. The third kappa shape index (κ3) is 30.3. The van der Waals surface area contributed by atoms with Gasteiger partial charge in [-0.25, -0.2) is 0 Å². The summed E-state index contributed by atoms with van der Waals surface area (Å²) < 4.78 is 0. The molecule has 1 rings (SSSR count). The third-order valence-electron chi connectivity index (χ3n) is 15.8. The number of ketones is 5. The fourth-order valence-corrected chi connectivity index (χ4v) is 9.93. The molecule has 1 aromatic rings. The predicted molar refractivity (Wildman–Crippen MR) is 329 cm³/mol. The topological polar surface area (TPSA) is 507 Å². The largest absolute Gasteiger partial charge is 0.481 e. The molecule has 28 nitrogen and oxygen atoms in total. The number of rotatable bonds is 49. The average molecular weight is 1240 g/mol. The van der Waals surface area contributed by atoms with Crippen LogP contribution in [0.1, 0.15) is 149 Å². The number of carbonyl (C=O) groups is 12. The van der Waals surface area contributed by atoms with Crippen molar-refractivity contribution in [3.8, 4) is 0 Å². The van der Waals surface area contributed by atoms with Crippen LogP contribution in [0.5, 0.6) is 0 Å². The highest BCUT2D eigenvalue weighted by molar-refractivity contribution is 5.99. The number of benzene rings is 1. The molecule has 0 saturated carbocycles. The molecule has 0 aliphatic heterocycles. The van der Waals surface area contributed by atoms with Gasteiger partial charge in [-0.1, -0.05) is 84.2 Å². The second-order valence-electron chi connectivity index (χ2n) is 22.7. The Morgan fingerprint density at radius 2 is 0.966 bits per heavy atom. The molecular formula is C60H99N13O15. The smallest absolute Gasteiger partial charge is 0.305 e. The van der Waals surface area contributed by atoms with E-state index in [9.17, 15) is 72.9 Å². The first-order valence-corrected chi connectivity index (χ1v) is 30.2. The first-order valence-electron chi connectivity index (χ1n) is 30.2. The molecule has 0 spiro atoms. The summed E-state index contributed by atoms with van der Waals surface area (Å²) in [7, 11) is 1.49. The summed E-state index contributed by atoms with van der Waals surface area (Å²) in [5.41, 5.74) is 34.2. The number of aliphatic hydroxyl groups is 1. The van der Waals surface area contributed by atoms with Crippen LogP contribution in [0.3, 0.4) is 0 Å². The van der Waals surface area contributed by atoms with Crippen molar-refractivity contribution in [2.75, 3.05) is 33.3 Å². The van der Waals surface area contributed by atoms with Gasteiger partial charge < -0.3 is 76.3 Å². The lowest BCUT2D eigenvalue weighted by Gasteiger charge is -2.28. The zero-order valence-electron chi connectivity index (χ0n) is 52.0. The fourth-order valence-electron chi connectivity index (χ4n) is 9.93. The molecule has 28 heteroatoms. The van der Waals surface area contributed by atoms with E-state index < -0.39 is 168 Å². The van der Waals surface area contributed by atoms with Crippen LogP contribution in [0.15, 0.2) is 40.3 Å². The van der Waals surface area contributed by atoms with Gasteiger partial charge in [-0.3, -0.25) is 67.5 Å². The van der Waals surface area contributed by atoms with E-state index in [4.69, 9.17) is 34.4 Å². The number of nitrogens with two attached hydrogens (primary N) is 6. The number of guanidine groups is 2. The maximum absolute atomic E-state index is 14.4. The monoisotopic (exact) mass is 1240 g/mol. The molecule has 12 atom stereocenters. The molecular weight excluding hydrogens is 1140 g/mol. The Balaban J connectivity index is 3.49. The Labute approximate surface area is 515 Å². The minimum atomic E-state index is -1.70. The van der Waals surface area contributed by atoms with E-state index in [2.05, 4.69) is 36.6 Å². The summed E-state index contributed by atoms with van der Waals surface area (Å²) in [6.45, 7) is 7.77. The first-order chi connectivity index (χ1) is 41.5. The van der Waals surface area contributed by atoms with Crippen molar-refractivity contribution in [3.63, 3.8) is 0 Å². The zero-order chi connectivity index (χ0) is 66.6. The highest BCUT2D eigenvalue weighted by Gasteiger charge is 2.38. The van der Waals surface area contributed by atoms with Crippen LogP contribution < -0.4 is 61.0 Å². The van der Waals surface area contributed by atoms with Crippen LogP contribution >= 0.6 is 0 Å². The minimum absolute atomic E-state index is 0.0122. The standard InChI is InChI=1S/C60H99N13O15/c1-7-34(3)40(54(62)84)30-50(78)44(27-37-16-10-9-11-17-37)72-58(88)41(35(4)8-2)31-51(79)45(32-53(82)83)71-55(85)36(5)26-47(75)46(33-74)73-57(87)39(19-14-24-68-59(63)64)29-49(77)43(20-15-25-69-60(65)66)70-56(86)38(18-12-13-23-61)28-48(76)42(67-6)21-22-52(80)81/h9-11,16-17,34-36,38-46,67,74H,7-8,12-15,18-33,61H2,1-6H3,(H2,62,84)(H,70,86)(H,71,85)(H,72,88)(H,73,87)(H,80,81)(H,82,83)(H4,63,64,68)(H4,65,66,69)/t34-,35-,36+,38+,39+,40-,41-,42-,43-,44-,45-,46-/m0/s1. The molecule has 88 heavy (non-hydrogen) atoms. The highest BCUT2D eigenvalue weighted by Crippen LogP contribution is 2.25. The summed E-state index contributed by atoms with van der Waals surface area (Å²) in [5.74, 6) is -16.4. The number of unbranched alkanes of at least 4 members (excludes halogenated alkanes) is 1. The van der Waals surface area contributed by atoms with Gasteiger partial charge in [0.05, 0.1) is 37.2 Å². The van der Waals surface area contributed by atoms with Crippen LogP contribution in [0.25, 0.3) is 0 Å². The van der Waals surface area contributed by atoms with Crippen LogP contribution in [0.2, 0.25) is 0 Å². The SMILES string of the molecule is CC[C@H](C)[C@H](CC(=O)[C@H](Cc1ccccc1)NC(=O)[C@@H](CC(=O)[C@H](CC(=O)O)NC(=O)[C@H](C)CC(=O)[C@H](CO)NC(=O)[C@H](CCCN=C(N)N)CC(=O)[C@H](CCCN=C(N)N)NC(=O)[C@H](CCCCN)CC(=O)[C@H](CCC(=O)O)NC)[C@@H](C)CC)C(N)=O. The van der Waals surface area contributed by atoms with E-state index in [1.807, 2.05) is 6.92 Å². The molecule has 494 valence electrons. The first kappa shape index (κ1) is 78.3. The number of aliphatic carboxylic acids is 2. The third-order valence-corrected chi connectivity index (χ3v) is 15.8. The predicted octanol–water partition coefficient (Wildman–Crippen LogP) is -0.201. The lowest BCUT2D eigenvalue weighted by atomic mass is 9.83. The molecule has 0 unspecified atom stereocenters. The number of carboxylic acid groups (broad SMARTS) is 2. The second-order valence-corrected chi connectivity index (χ2v) is 22.7. The number of hydrogen-bond acceptors (Lipinski definition) is 17. The van der Waals surface area contributed by atoms with Crippen LogP contribution in [-0.4, -0.2) is 161 Å². The number of primary amides is 1.